The van der Waals surface area contributed by atoms with Crippen molar-refractivity contribution in [1.29, 1.82) is 0 Å². The molecule has 0 fully saturated rings. The number of hydrogen-bond acceptors (Lipinski definition) is 2. The highest BCUT2D eigenvalue weighted by Gasteiger charge is 2.96. The van der Waals surface area contributed by atoms with Gasteiger partial charge in [-0.1, -0.05) is 0 Å². The molecule has 0 radical (unpaired) electrons. The lowest BCUT2D eigenvalue weighted by Crippen LogP contribution is -2.76. The van der Waals surface area contributed by atoms with Gasteiger partial charge in [0.2, 0.25) is 0 Å². The zero-order valence-corrected chi connectivity index (χ0v) is 22.8. The van der Waals surface area contributed by atoms with Gasteiger partial charge in [-0.25, -0.2) is 4.99 Å². The second-order valence-electron chi connectivity index (χ2n) is 9.62. The molecule has 0 N–H and O–H groups in total. The Kier molecular flexibility index (Phi) is 10.3. The number of aliphatic imine (C=N–C) groups is 1. The van der Waals surface area contributed by atoms with Gasteiger partial charge in [-0.3, -0.25) is 0 Å². The summed E-state index contributed by atoms with van der Waals surface area (Å²) in [7, 11) is 1.59. The Morgan fingerprint density at radius 2 is 1.02 bits per heavy atom. The number of aryl methyl sites for hydroxylation is 2. The highest BCUT2D eigenvalue weighted by atomic mass is 19.4. The zero-order valence-electron chi connectivity index (χ0n) is 22.8. The quantitative estimate of drug-likeness (QED) is 0.111. The molecule has 0 heterocycles. The van der Waals surface area contributed by atoms with Gasteiger partial charge in [0.25, 0.3) is 0 Å². The predicted octanol–water partition coefficient (Wildman–Crippen LogP) is 9.03. The second kappa shape index (κ2) is 11.5. The maximum absolute atomic E-state index is 14.2. The maximum Gasteiger partial charge on any atom is 0.385 e. The molecular weight excluding hydrogens is 662 g/mol. The Hall–Kier alpha value is -2.77. The van der Waals surface area contributed by atoms with E-state index in [4.69, 9.17) is 0 Å². The van der Waals surface area contributed by atoms with Crippen molar-refractivity contribution in [2.24, 2.45) is 4.99 Å². The van der Waals surface area contributed by atoms with Crippen LogP contribution in [0.25, 0.3) is 0 Å². The topological polar surface area (TPSA) is 24.8 Å². The van der Waals surface area contributed by atoms with Gasteiger partial charge in [-0.2, -0.15) is 79.0 Å². The van der Waals surface area contributed by atoms with Gasteiger partial charge in [0.1, 0.15) is 5.75 Å². The zero-order chi connectivity index (χ0) is 35.3. The first-order valence-corrected chi connectivity index (χ1v) is 11.6. The molecule has 1 rings (SSSR count). The molecule has 0 amide bonds. The van der Waals surface area contributed by atoms with Crippen LogP contribution in [-0.4, -0.2) is 84.7 Å². The lowest BCUT2D eigenvalue weighted by molar-refractivity contribution is -0.461. The van der Waals surface area contributed by atoms with E-state index in [0.29, 0.717) is 6.54 Å². The lowest BCUT2D eigenvalue weighted by Gasteiger charge is -2.44. The Morgan fingerprint density at radius 3 is 1.41 bits per heavy atom. The van der Waals surface area contributed by atoms with E-state index in [9.17, 15) is 79.0 Å². The van der Waals surface area contributed by atoms with Crippen LogP contribution in [0.2, 0.25) is 0 Å². The molecule has 0 aliphatic heterocycles. The Morgan fingerprint density at radius 1 is 0.636 bits per heavy atom. The fourth-order valence-corrected chi connectivity index (χ4v) is 3.06. The van der Waals surface area contributed by atoms with Gasteiger partial charge in [-0.15, -0.1) is 0 Å². The van der Waals surface area contributed by atoms with Crippen LogP contribution in [0.4, 0.5) is 84.7 Å². The van der Waals surface area contributed by atoms with E-state index in [1.807, 2.05) is 0 Å². The molecule has 0 bridgehead atoms. The maximum atomic E-state index is 14.2. The lowest BCUT2D eigenvalue weighted by atomic mass is 9.86. The van der Waals surface area contributed by atoms with Gasteiger partial charge in [0, 0.05) is 20.5 Å². The molecule has 21 heteroatoms. The van der Waals surface area contributed by atoms with Crippen LogP contribution in [0.15, 0.2) is 17.1 Å². The first-order valence-electron chi connectivity index (χ1n) is 11.6. The van der Waals surface area contributed by atoms with Gasteiger partial charge in [0.15, 0.2) is 6.61 Å². The van der Waals surface area contributed by atoms with E-state index < -0.39 is 72.6 Å². The minimum atomic E-state index is -8.79. The van der Waals surface area contributed by atoms with Crippen molar-refractivity contribution in [1.82, 2.24) is 4.90 Å². The van der Waals surface area contributed by atoms with Crippen LogP contribution >= 0.6 is 0 Å². The van der Waals surface area contributed by atoms with Crippen LogP contribution in [0.3, 0.4) is 0 Å². The standard InChI is InChI=1S/C23H22F18N2O/c1-6-43(5)10-42-13-7-12(3)14(8-11(13)2)44-9-16(26,27)18(30,31)20(34,35)22(38,39)23(40,41)21(36,37)19(32,33)17(28,29)15(4,24)25/h7-8,10H,6,9H2,1-5H3/b42-10+. The highest BCUT2D eigenvalue weighted by Crippen LogP contribution is 2.65. The van der Waals surface area contributed by atoms with Crippen molar-refractivity contribution in [2.75, 3.05) is 20.2 Å². The number of ether oxygens (including phenoxy) is 1. The molecule has 0 unspecified atom stereocenters. The van der Waals surface area contributed by atoms with Crippen LogP contribution in [0.5, 0.6) is 5.75 Å². The molecule has 256 valence electrons. The van der Waals surface area contributed by atoms with E-state index in [0.717, 1.165) is 19.1 Å². The molecule has 0 saturated heterocycles. The van der Waals surface area contributed by atoms with Gasteiger partial charge >= 0.3 is 53.3 Å². The molecule has 0 aliphatic carbocycles. The van der Waals surface area contributed by atoms with Crippen molar-refractivity contribution in [3.8, 4) is 5.75 Å². The molecule has 0 aliphatic rings. The summed E-state index contributed by atoms with van der Waals surface area (Å²) in [6, 6.07) is 1.90. The summed E-state index contributed by atoms with van der Waals surface area (Å²) >= 11 is 0. The summed E-state index contributed by atoms with van der Waals surface area (Å²) < 4.78 is 251. The molecule has 1 aromatic carbocycles. The van der Waals surface area contributed by atoms with E-state index in [1.165, 1.54) is 13.3 Å². The van der Waals surface area contributed by atoms with E-state index in [1.54, 1.807) is 18.9 Å². The average molecular weight is 684 g/mol. The third-order valence-electron chi connectivity index (χ3n) is 6.17. The van der Waals surface area contributed by atoms with E-state index >= 15 is 0 Å². The summed E-state index contributed by atoms with van der Waals surface area (Å²) in [4.78, 5) is 5.55. The fraction of sp³-hybridized carbons (Fsp3) is 0.696. The molecule has 0 aromatic heterocycles. The highest BCUT2D eigenvalue weighted by molar-refractivity contribution is 5.64. The summed E-state index contributed by atoms with van der Waals surface area (Å²) in [6.07, 6.45) is 1.30. The van der Waals surface area contributed by atoms with E-state index in [2.05, 4.69) is 9.73 Å². The number of rotatable bonds is 14. The minimum Gasteiger partial charge on any atom is -0.487 e. The van der Waals surface area contributed by atoms with Crippen molar-refractivity contribution >= 4 is 12.0 Å². The normalized spacial score (nSPS) is 15.2. The Labute approximate surface area is 236 Å². The smallest absolute Gasteiger partial charge is 0.385 e. The summed E-state index contributed by atoms with van der Waals surface area (Å²) in [5.74, 6) is -72.5. The molecule has 0 spiro atoms. The monoisotopic (exact) mass is 684 g/mol. The van der Waals surface area contributed by atoms with Crippen molar-refractivity contribution < 1.29 is 83.8 Å². The van der Waals surface area contributed by atoms with Crippen molar-refractivity contribution in [3.05, 3.63) is 23.3 Å². The number of benzene rings is 1. The third-order valence-corrected chi connectivity index (χ3v) is 6.17. The van der Waals surface area contributed by atoms with Crippen LogP contribution in [0, 0.1) is 13.8 Å². The van der Waals surface area contributed by atoms with E-state index in [-0.39, 0.29) is 16.8 Å². The van der Waals surface area contributed by atoms with Crippen LogP contribution in [-0.2, 0) is 0 Å². The first-order chi connectivity index (χ1) is 19.2. The fourth-order valence-electron chi connectivity index (χ4n) is 3.06. The van der Waals surface area contributed by atoms with Gasteiger partial charge < -0.3 is 9.64 Å². The van der Waals surface area contributed by atoms with Crippen molar-refractivity contribution in [3.63, 3.8) is 0 Å². The Bertz CT molecular complexity index is 1210. The molecular formula is C23H22F18N2O. The minimum absolute atomic E-state index is 0.0653. The molecule has 0 atom stereocenters. The number of hydrogen-bond donors (Lipinski definition) is 0. The number of alkyl halides is 18. The molecule has 44 heavy (non-hydrogen) atoms. The third kappa shape index (κ3) is 5.94. The largest absolute Gasteiger partial charge is 0.487 e. The van der Waals surface area contributed by atoms with Crippen LogP contribution < -0.4 is 4.74 Å². The average Bonchev–Trinajstić information content (AvgIpc) is 2.86. The van der Waals surface area contributed by atoms with Crippen LogP contribution in [0.1, 0.15) is 25.0 Å². The Balaban J connectivity index is 3.52. The summed E-state index contributed by atoms with van der Waals surface area (Å²) in [6.45, 7) is 0.182. The van der Waals surface area contributed by atoms with Gasteiger partial charge in [-0.05, 0) is 44.0 Å². The molecule has 3 nitrogen and oxygen atoms in total. The first kappa shape index (κ1) is 39.3. The SMILES string of the molecule is CCN(C)/C=N/c1cc(C)c(OCC(F)(F)C(F)(F)C(F)(F)C(F)(F)C(F)(F)C(F)(F)C(F)(F)C(F)(F)C(C)(F)F)cc1C. The number of nitrogens with zero attached hydrogens (tertiary/aromatic N) is 2. The predicted molar refractivity (Wildman–Crippen MR) is 118 cm³/mol. The van der Waals surface area contributed by atoms with Gasteiger partial charge in [0.05, 0.1) is 12.0 Å². The second-order valence-corrected chi connectivity index (χ2v) is 9.62. The number of halogens is 18. The molecule has 1 aromatic rings. The summed E-state index contributed by atoms with van der Waals surface area (Å²) in [5, 5.41) is 0. The molecule has 0 saturated carbocycles. The summed E-state index contributed by atoms with van der Waals surface area (Å²) in [5.41, 5.74) is -0.0273. The van der Waals surface area contributed by atoms with Crippen molar-refractivity contribution in [2.45, 2.75) is 81.0 Å².